The summed E-state index contributed by atoms with van der Waals surface area (Å²) in [6, 6.07) is 22.2. The van der Waals surface area contributed by atoms with Crippen LogP contribution in [0.2, 0.25) is 0 Å². The van der Waals surface area contributed by atoms with Gasteiger partial charge in [-0.1, -0.05) is 18.2 Å². The Morgan fingerprint density at radius 1 is 1.04 bits per heavy atom. The minimum atomic E-state index is -0.310. The van der Waals surface area contributed by atoms with Gasteiger partial charge >= 0.3 is 0 Å². The number of nitrogens with one attached hydrogen (secondary N) is 1. The Bertz CT molecular complexity index is 864. The monoisotopic (exact) mass is 334 g/mol. The topological polar surface area (TPSA) is 66.0 Å². The molecule has 3 rings (SSSR count). The van der Waals surface area contributed by atoms with E-state index in [1.165, 1.54) is 0 Å². The zero-order chi connectivity index (χ0) is 16.8. The maximum atomic E-state index is 12.2. The van der Waals surface area contributed by atoms with Gasteiger partial charge in [0, 0.05) is 10.6 Å². The molecule has 0 aliphatic carbocycles. The number of hydrogen-bond donors (Lipinski definition) is 1. The first-order valence-electron chi connectivity index (χ1n) is 7.33. The number of benzene rings is 2. The van der Waals surface area contributed by atoms with Crippen LogP contribution in [-0.2, 0) is 5.75 Å². The van der Waals surface area contributed by atoms with Crippen molar-refractivity contribution >= 4 is 23.4 Å². The van der Waals surface area contributed by atoms with E-state index in [4.69, 9.17) is 9.68 Å². The van der Waals surface area contributed by atoms with Crippen LogP contribution in [0.15, 0.2) is 76.0 Å². The van der Waals surface area contributed by atoms with Crippen LogP contribution in [0, 0.1) is 11.3 Å². The summed E-state index contributed by atoms with van der Waals surface area (Å²) in [7, 11) is 0. The van der Waals surface area contributed by atoms with Gasteiger partial charge in [-0.25, -0.2) is 0 Å². The first-order chi connectivity index (χ1) is 11.7. The fourth-order valence-electron chi connectivity index (χ4n) is 2.07. The summed E-state index contributed by atoms with van der Waals surface area (Å²) in [5, 5.41) is 11.5. The third kappa shape index (κ3) is 4.06. The van der Waals surface area contributed by atoms with Gasteiger partial charge in [0.2, 0.25) is 0 Å². The van der Waals surface area contributed by atoms with Crippen molar-refractivity contribution in [2.45, 2.75) is 10.6 Å². The van der Waals surface area contributed by atoms with Crippen LogP contribution in [-0.4, -0.2) is 5.91 Å². The second kappa shape index (κ2) is 7.53. The maximum absolute atomic E-state index is 12.2. The van der Waals surface area contributed by atoms with Crippen molar-refractivity contribution in [3.8, 4) is 6.07 Å². The van der Waals surface area contributed by atoms with Gasteiger partial charge in [-0.3, -0.25) is 4.79 Å². The standard InChI is InChI=1S/C19H14N2O2S/c20-12-14-6-8-15(9-7-14)21-19(22)18-11-10-16(23-18)13-24-17-4-2-1-3-5-17/h1-11H,13H2,(H,21,22). The van der Waals surface area contributed by atoms with E-state index in [1.807, 2.05) is 42.5 Å². The number of nitrogens with zero attached hydrogens (tertiary/aromatic N) is 1. The molecule has 4 nitrogen and oxygen atoms in total. The molecule has 0 bridgehead atoms. The van der Waals surface area contributed by atoms with Gasteiger partial charge in [0.1, 0.15) is 5.76 Å². The molecular weight excluding hydrogens is 320 g/mol. The Balaban J connectivity index is 1.59. The highest BCUT2D eigenvalue weighted by Gasteiger charge is 2.11. The Morgan fingerprint density at radius 2 is 1.79 bits per heavy atom. The van der Waals surface area contributed by atoms with Crippen molar-refractivity contribution in [1.29, 1.82) is 5.26 Å². The Hall–Kier alpha value is -2.97. The zero-order valence-electron chi connectivity index (χ0n) is 12.7. The van der Waals surface area contributed by atoms with E-state index in [9.17, 15) is 4.79 Å². The summed E-state index contributed by atoms with van der Waals surface area (Å²) in [6.07, 6.45) is 0. The molecule has 0 radical (unpaired) electrons. The molecule has 1 aromatic heterocycles. The number of amides is 1. The van der Waals surface area contributed by atoms with Crippen molar-refractivity contribution in [2.75, 3.05) is 5.32 Å². The van der Waals surface area contributed by atoms with Crippen molar-refractivity contribution in [1.82, 2.24) is 0 Å². The summed E-state index contributed by atoms with van der Waals surface area (Å²) < 4.78 is 5.60. The fraction of sp³-hybridized carbons (Fsp3) is 0.0526. The normalized spacial score (nSPS) is 10.1. The molecule has 0 aliphatic heterocycles. The van der Waals surface area contributed by atoms with Crippen LogP contribution in [0.25, 0.3) is 0 Å². The summed E-state index contributed by atoms with van der Waals surface area (Å²) in [5.74, 6) is 1.36. The molecule has 5 heteroatoms. The highest BCUT2D eigenvalue weighted by atomic mass is 32.2. The highest BCUT2D eigenvalue weighted by molar-refractivity contribution is 7.98. The van der Waals surface area contributed by atoms with Gasteiger partial charge < -0.3 is 9.73 Å². The first kappa shape index (κ1) is 15.9. The molecule has 0 spiro atoms. The smallest absolute Gasteiger partial charge is 0.291 e. The largest absolute Gasteiger partial charge is 0.455 e. The SMILES string of the molecule is N#Cc1ccc(NC(=O)c2ccc(CSc3ccccc3)o2)cc1. The molecule has 3 aromatic rings. The van der Waals surface area contributed by atoms with E-state index < -0.39 is 0 Å². The van der Waals surface area contributed by atoms with E-state index in [2.05, 4.69) is 5.32 Å². The van der Waals surface area contributed by atoms with E-state index in [0.717, 1.165) is 10.7 Å². The maximum Gasteiger partial charge on any atom is 0.291 e. The molecule has 1 N–H and O–H groups in total. The number of carbonyl (C=O) groups excluding carboxylic acids is 1. The summed E-state index contributed by atoms with van der Waals surface area (Å²) in [4.78, 5) is 13.3. The van der Waals surface area contributed by atoms with E-state index >= 15 is 0 Å². The molecule has 0 unspecified atom stereocenters. The molecule has 0 atom stereocenters. The lowest BCUT2D eigenvalue weighted by Crippen LogP contribution is -2.10. The Kier molecular flexibility index (Phi) is 4.99. The molecule has 0 saturated carbocycles. The molecule has 24 heavy (non-hydrogen) atoms. The number of hydrogen-bond acceptors (Lipinski definition) is 4. The van der Waals surface area contributed by atoms with Gasteiger partial charge in [0.15, 0.2) is 5.76 Å². The summed E-state index contributed by atoms with van der Waals surface area (Å²) >= 11 is 1.65. The molecule has 1 heterocycles. The number of carbonyl (C=O) groups is 1. The molecule has 0 fully saturated rings. The molecule has 1 amide bonds. The molecule has 2 aromatic carbocycles. The van der Waals surface area contributed by atoms with E-state index in [1.54, 1.807) is 42.1 Å². The number of rotatable bonds is 5. The molecule has 0 saturated heterocycles. The second-order valence-electron chi connectivity index (χ2n) is 5.01. The summed E-state index contributed by atoms with van der Waals surface area (Å²) in [5.41, 5.74) is 1.17. The Labute approximate surface area is 144 Å². The lowest BCUT2D eigenvalue weighted by molar-refractivity contribution is 0.0995. The number of thioether (sulfide) groups is 1. The van der Waals surface area contributed by atoms with Gasteiger partial charge in [0.25, 0.3) is 5.91 Å². The van der Waals surface area contributed by atoms with E-state index in [-0.39, 0.29) is 11.7 Å². The molecule has 118 valence electrons. The third-order valence-corrected chi connectivity index (χ3v) is 4.32. The third-order valence-electron chi connectivity index (χ3n) is 3.28. The van der Waals surface area contributed by atoms with Crippen molar-refractivity contribution < 1.29 is 9.21 Å². The van der Waals surface area contributed by atoms with Crippen LogP contribution < -0.4 is 5.32 Å². The summed E-state index contributed by atoms with van der Waals surface area (Å²) in [6.45, 7) is 0. The van der Waals surface area contributed by atoms with Crippen molar-refractivity contribution in [3.63, 3.8) is 0 Å². The van der Waals surface area contributed by atoms with Crippen LogP contribution >= 0.6 is 11.8 Å². The average molecular weight is 334 g/mol. The van der Waals surface area contributed by atoms with Gasteiger partial charge in [-0.15, -0.1) is 11.8 Å². The fourth-order valence-corrected chi connectivity index (χ4v) is 2.88. The van der Waals surface area contributed by atoms with Crippen LogP contribution in [0.4, 0.5) is 5.69 Å². The van der Waals surface area contributed by atoms with Crippen LogP contribution in [0.3, 0.4) is 0 Å². The molecule has 0 aliphatic rings. The van der Waals surface area contributed by atoms with Gasteiger partial charge in [-0.05, 0) is 48.5 Å². The van der Waals surface area contributed by atoms with Crippen molar-refractivity contribution in [3.05, 3.63) is 83.8 Å². The van der Waals surface area contributed by atoms with Gasteiger partial charge in [0.05, 0.1) is 17.4 Å². The highest BCUT2D eigenvalue weighted by Crippen LogP contribution is 2.23. The minimum Gasteiger partial charge on any atom is -0.455 e. The van der Waals surface area contributed by atoms with Crippen molar-refractivity contribution in [2.24, 2.45) is 0 Å². The second-order valence-corrected chi connectivity index (χ2v) is 6.06. The number of nitriles is 1. The number of anilines is 1. The van der Waals surface area contributed by atoms with E-state index in [0.29, 0.717) is 17.0 Å². The Morgan fingerprint density at radius 3 is 2.50 bits per heavy atom. The van der Waals surface area contributed by atoms with Crippen LogP contribution in [0.5, 0.6) is 0 Å². The zero-order valence-corrected chi connectivity index (χ0v) is 13.5. The van der Waals surface area contributed by atoms with Gasteiger partial charge in [-0.2, -0.15) is 5.26 Å². The molecular formula is C19H14N2O2S. The first-order valence-corrected chi connectivity index (χ1v) is 8.31. The number of furan rings is 1. The predicted molar refractivity (Wildman–Crippen MR) is 93.8 cm³/mol. The average Bonchev–Trinajstić information content (AvgIpc) is 3.11. The van der Waals surface area contributed by atoms with Crippen LogP contribution in [0.1, 0.15) is 21.9 Å². The lowest BCUT2D eigenvalue weighted by Gasteiger charge is -2.03. The minimum absolute atomic E-state index is 0.267. The predicted octanol–water partition coefficient (Wildman–Crippen LogP) is 4.70. The lowest BCUT2D eigenvalue weighted by atomic mass is 10.2. The quantitative estimate of drug-likeness (QED) is 0.687.